The maximum absolute atomic E-state index is 12.8. The summed E-state index contributed by atoms with van der Waals surface area (Å²) in [6, 6.07) is 3.57. The number of likely N-dealkylation sites (tertiary alicyclic amines) is 1. The van der Waals surface area contributed by atoms with Gasteiger partial charge in [-0.25, -0.2) is 4.68 Å². The quantitative estimate of drug-likeness (QED) is 0.723. The Balaban J connectivity index is 1.52. The van der Waals surface area contributed by atoms with Crippen LogP contribution in [0, 0.1) is 5.92 Å². The summed E-state index contributed by atoms with van der Waals surface area (Å²) in [5, 5.41) is 6.70. The van der Waals surface area contributed by atoms with E-state index in [1.807, 2.05) is 11.4 Å². The van der Waals surface area contributed by atoms with Gasteiger partial charge in [-0.15, -0.1) is 11.3 Å². The highest BCUT2D eigenvalue weighted by atomic mass is 32.1. The predicted octanol–water partition coefficient (Wildman–Crippen LogP) is 3.19. The number of rotatable bonds is 2. The van der Waals surface area contributed by atoms with E-state index in [9.17, 15) is 22.8 Å². The topological polar surface area (TPSA) is 71.0 Å². The van der Waals surface area contributed by atoms with Gasteiger partial charge in [-0.3, -0.25) is 9.59 Å². The first-order chi connectivity index (χ1) is 12.8. The van der Waals surface area contributed by atoms with E-state index in [0.29, 0.717) is 10.5 Å². The normalized spacial score (nSPS) is 16.2. The zero-order valence-corrected chi connectivity index (χ0v) is 14.8. The largest absolute Gasteiger partial charge is 0.391 e. The molecule has 27 heavy (non-hydrogen) atoms. The third kappa shape index (κ3) is 3.36. The average molecular weight is 396 g/mol. The summed E-state index contributed by atoms with van der Waals surface area (Å²) in [7, 11) is 0. The maximum Gasteiger partial charge on any atom is 0.391 e. The fourth-order valence-electron chi connectivity index (χ4n) is 3.25. The number of pyridine rings is 1. The Kier molecular flexibility index (Phi) is 4.29. The Labute approximate surface area is 155 Å². The zero-order chi connectivity index (χ0) is 19.2. The van der Waals surface area contributed by atoms with Crippen molar-refractivity contribution in [3.8, 4) is 5.82 Å². The minimum Gasteiger partial charge on any atom is -0.339 e. The number of hydrogen-bond acceptors (Lipinski definition) is 4. The standard InChI is InChI=1S/C17H15F3N4O2S/c18-17(19,20)12-1-4-23(5-2-12)16(26)11-8-21-24(9-11)13-7-10-3-6-27-14(10)15(25)22-13/h3,6-9,12H,1-2,4-5H2,(H,22,25). The summed E-state index contributed by atoms with van der Waals surface area (Å²) in [4.78, 5) is 28.8. The number of aromatic amines is 1. The van der Waals surface area contributed by atoms with Crippen molar-refractivity contribution in [2.24, 2.45) is 5.92 Å². The third-order valence-corrected chi connectivity index (χ3v) is 5.69. The number of nitrogens with zero attached hydrogens (tertiary/aromatic N) is 3. The molecule has 3 aromatic rings. The highest BCUT2D eigenvalue weighted by Gasteiger charge is 2.41. The van der Waals surface area contributed by atoms with Crippen molar-refractivity contribution in [1.82, 2.24) is 19.7 Å². The van der Waals surface area contributed by atoms with E-state index in [2.05, 4.69) is 10.1 Å². The summed E-state index contributed by atoms with van der Waals surface area (Å²) < 4.78 is 40.3. The first-order valence-corrected chi connectivity index (χ1v) is 9.22. The van der Waals surface area contributed by atoms with Crippen molar-refractivity contribution in [3.05, 3.63) is 45.8 Å². The number of piperidine rings is 1. The lowest BCUT2D eigenvalue weighted by molar-refractivity contribution is -0.183. The van der Waals surface area contributed by atoms with E-state index in [-0.39, 0.29) is 43.0 Å². The van der Waals surface area contributed by atoms with Crippen LogP contribution < -0.4 is 5.56 Å². The minimum absolute atomic E-state index is 0.0614. The number of alkyl halides is 3. The van der Waals surface area contributed by atoms with Gasteiger partial charge < -0.3 is 9.88 Å². The molecule has 0 aliphatic carbocycles. The van der Waals surface area contributed by atoms with E-state index in [1.54, 1.807) is 6.07 Å². The van der Waals surface area contributed by atoms with Gasteiger partial charge in [0, 0.05) is 24.7 Å². The van der Waals surface area contributed by atoms with Gasteiger partial charge in [-0.2, -0.15) is 18.3 Å². The first kappa shape index (κ1) is 17.8. The van der Waals surface area contributed by atoms with E-state index in [0.717, 1.165) is 5.39 Å². The van der Waals surface area contributed by atoms with Gasteiger partial charge in [0.25, 0.3) is 11.5 Å². The molecule has 0 unspecified atom stereocenters. The van der Waals surface area contributed by atoms with E-state index < -0.39 is 12.1 Å². The van der Waals surface area contributed by atoms with Crippen molar-refractivity contribution in [2.75, 3.05) is 13.1 Å². The van der Waals surface area contributed by atoms with Crippen LogP contribution in [0.3, 0.4) is 0 Å². The molecule has 142 valence electrons. The molecule has 0 bridgehead atoms. The van der Waals surface area contributed by atoms with Crippen molar-refractivity contribution in [2.45, 2.75) is 19.0 Å². The molecule has 1 aliphatic heterocycles. The van der Waals surface area contributed by atoms with Crippen LogP contribution in [0.1, 0.15) is 23.2 Å². The maximum atomic E-state index is 12.8. The van der Waals surface area contributed by atoms with Gasteiger partial charge in [-0.1, -0.05) is 0 Å². The highest BCUT2D eigenvalue weighted by Crippen LogP contribution is 2.34. The molecule has 0 radical (unpaired) electrons. The van der Waals surface area contributed by atoms with Crippen LogP contribution in [0.15, 0.2) is 34.7 Å². The number of fused-ring (bicyclic) bond motifs is 1. The number of carbonyl (C=O) groups excluding carboxylic acids is 1. The molecular weight excluding hydrogens is 381 g/mol. The molecule has 10 heteroatoms. The van der Waals surface area contributed by atoms with Gasteiger partial charge in [0.05, 0.1) is 22.4 Å². The lowest BCUT2D eigenvalue weighted by atomic mass is 9.96. The van der Waals surface area contributed by atoms with Gasteiger partial charge in [0.1, 0.15) is 5.82 Å². The monoisotopic (exact) mass is 396 g/mol. The summed E-state index contributed by atoms with van der Waals surface area (Å²) in [6.45, 7) is 0.123. The van der Waals surface area contributed by atoms with Crippen LogP contribution in [-0.2, 0) is 0 Å². The van der Waals surface area contributed by atoms with Crippen LogP contribution in [0.2, 0.25) is 0 Å². The molecule has 4 rings (SSSR count). The Hall–Kier alpha value is -2.62. The molecule has 6 nitrogen and oxygen atoms in total. The molecule has 4 heterocycles. The van der Waals surface area contributed by atoms with Gasteiger partial charge in [0.15, 0.2) is 0 Å². The summed E-state index contributed by atoms with van der Waals surface area (Å²) in [5.41, 5.74) is 0.0295. The van der Waals surface area contributed by atoms with Crippen LogP contribution in [0.25, 0.3) is 15.9 Å². The number of nitrogens with one attached hydrogen (secondary N) is 1. The van der Waals surface area contributed by atoms with Gasteiger partial charge in [-0.05, 0) is 30.4 Å². The number of amides is 1. The Morgan fingerprint density at radius 1 is 1.30 bits per heavy atom. The number of hydrogen-bond donors (Lipinski definition) is 1. The van der Waals surface area contributed by atoms with Crippen molar-refractivity contribution < 1.29 is 18.0 Å². The lowest BCUT2D eigenvalue weighted by Gasteiger charge is -2.32. The molecule has 1 N–H and O–H groups in total. The Bertz CT molecular complexity index is 1040. The van der Waals surface area contributed by atoms with Crippen LogP contribution >= 0.6 is 11.3 Å². The summed E-state index contributed by atoms with van der Waals surface area (Å²) >= 11 is 1.33. The fourth-order valence-corrected chi connectivity index (χ4v) is 4.03. The molecule has 3 aromatic heterocycles. The molecule has 1 aliphatic rings. The second-order valence-corrected chi connectivity index (χ2v) is 7.39. The smallest absolute Gasteiger partial charge is 0.339 e. The van der Waals surface area contributed by atoms with E-state index in [4.69, 9.17) is 0 Å². The summed E-state index contributed by atoms with van der Waals surface area (Å²) in [5.74, 6) is -1.30. The number of carbonyl (C=O) groups is 1. The SMILES string of the molecule is O=C(c1cnn(-c2cc3ccsc3c(=O)[nH]2)c1)N1CCC(C(F)(F)F)CC1. The van der Waals surface area contributed by atoms with Crippen LogP contribution in [0.5, 0.6) is 0 Å². The van der Waals surface area contributed by atoms with E-state index in [1.165, 1.54) is 33.3 Å². The first-order valence-electron chi connectivity index (χ1n) is 8.34. The highest BCUT2D eigenvalue weighted by molar-refractivity contribution is 7.17. The number of H-pyrrole nitrogens is 1. The van der Waals surface area contributed by atoms with Crippen molar-refractivity contribution in [3.63, 3.8) is 0 Å². The molecular formula is C17H15F3N4O2S. The van der Waals surface area contributed by atoms with Crippen LogP contribution in [-0.4, -0.2) is 44.8 Å². The van der Waals surface area contributed by atoms with Gasteiger partial charge >= 0.3 is 6.18 Å². The predicted molar refractivity (Wildman–Crippen MR) is 94.3 cm³/mol. The third-order valence-electron chi connectivity index (χ3n) is 4.76. The second kappa shape index (κ2) is 6.52. The Morgan fingerprint density at radius 3 is 2.74 bits per heavy atom. The minimum atomic E-state index is -4.22. The molecule has 1 amide bonds. The number of halogens is 3. The number of aromatic nitrogens is 3. The van der Waals surface area contributed by atoms with Crippen molar-refractivity contribution in [1.29, 1.82) is 0 Å². The molecule has 0 aromatic carbocycles. The second-order valence-electron chi connectivity index (χ2n) is 6.47. The lowest BCUT2D eigenvalue weighted by Crippen LogP contribution is -2.42. The van der Waals surface area contributed by atoms with Gasteiger partial charge in [0.2, 0.25) is 0 Å². The van der Waals surface area contributed by atoms with Crippen LogP contribution in [0.4, 0.5) is 13.2 Å². The Morgan fingerprint density at radius 2 is 2.04 bits per heavy atom. The zero-order valence-electron chi connectivity index (χ0n) is 14.0. The molecule has 1 fully saturated rings. The molecule has 0 saturated carbocycles. The molecule has 0 atom stereocenters. The van der Waals surface area contributed by atoms with E-state index >= 15 is 0 Å². The summed E-state index contributed by atoms with van der Waals surface area (Å²) in [6.07, 6.45) is -1.57. The van der Waals surface area contributed by atoms with Crippen molar-refractivity contribution >= 4 is 27.3 Å². The molecule has 0 spiro atoms. The fraction of sp³-hybridized carbons (Fsp3) is 0.353. The molecule has 1 saturated heterocycles. The number of thiophene rings is 1. The average Bonchev–Trinajstić information content (AvgIpc) is 3.30.